The Morgan fingerprint density at radius 3 is 2.94 bits per heavy atom. The van der Waals surface area contributed by atoms with Crippen molar-refractivity contribution in [2.75, 3.05) is 7.05 Å². The van der Waals surface area contributed by atoms with Gasteiger partial charge in [-0.3, -0.25) is 0 Å². The molecule has 1 saturated carbocycles. The molecule has 88 valence electrons. The van der Waals surface area contributed by atoms with Crippen LogP contribution in [0.1, 0.15) is 24.8 Å². The number of halogens is 1. The third-order valence-electron chi connectivity index (χ3n) is 2.82. The third kappa shape index (κ3) is 2.98. The summed E-state index contributed by atoms with van der Waals surface area (Å²) in [5.74, 6) is 0. The number of carbonyl (C=O) groups excluding carboxylic acids is 1. The molecule has 0 spiro atoms. The lowest BCUT2D eigenvalue weighted by Crippen LogP contribution is -2.45. The summed E-state index contributed by atoms with van der Waals surface area (Å²) < 4.78 is 1.11. The molecule has 16 heavy (non-hydrogen) atoms. The molecule has 1 aliphatic rings. The van der Waals surface area contributed by atoms with Crippen LogP contribution >= 0.6 is 27.3 Å². The fourth-order valence-corrected chi connectivity index (χ4v) is 2.81. The van der Waals surface area contributed by atoms with Crippen LogP contribution in [0.15, 0.2) is 15.2 Å². The summed E-state index contributed by atoms with van der Waals surface area (Å²) >= 11 is 5.07. The molecule has 0 saturated heterocycles. The summed E-state index contributed by atoms with van der Waals surface area (Å²) in [4.78, 5) is 13.5. The first-order valence-corrected chi connectivity index (χ1v) is 7.07. The fraction of sp³-hybridized carbons (Fsp3) is 0.545. The molecule has 0 bridgehead atoms. The SMILES string of the molecule is CN(Cc1csc(Br)c1)C(=O)NC1CCC1. The highest BCUT2D eigenvalue weighted by Gasteiger charge is 2.21. The fourth-order valence-electron chi connectivity index (χ4n) is 1.61. The second kappa shape index (κ2) is 5.19. The van der Waals surface area contributed by atoms with E-state index in [1.807, 2.05) is 7.05 Å². The zero-order valence-corrected chi connectivity index (χ0v) is 11.6. The zero-order chi connectivity index (χ0) is 11.5. The van der Waals surface area contributed by atoms with Crippen LogP contribution in [0.5, 0.6) is 0 Å². The van der Waals surface area contributed by atoms with E-state index >= 15 is 0 Å². The zero-order valence-electron chi connectivity index (χ0n) is 9.20. The van der Waals surface area contributed by atoms with E-state index in [2.05, 4.69) is 32.7 Å². The molecule has 2 amide bonds. The molecule has 1 heterocycles. The standard InChI is InChI=1S/C11H15BrN2OS/c1-14(6-8-5-10(12)16-7-8)11(15)13-9-3-2-4-9/h5,7,9H,2-4,6H2,1H3,(H,13,15). The van der Waals surface area contributed by atoms with Gasteiger partial charge in [-0.05, 0) is 52.2 Å². The maximum absolute atomic E-state index is 11.8. The van der Waals surface area contributed by atoms with Gasteiger partial charge in [-0.1, -0.05) is 0 Å². The second-order valence-corrected chi connectivity index (χ2v) is 6.48. The molecular formula is C11H15BrN2OS. The van der Waals surface area contributed by atoms with Crippen molar-refractivity contribution in [1.29, 1.82) is 0 Å². The van der Waals surface area contributed by atoms with E-state index in [-0.39, 0.29) is 6.03 Å². The Balaban J connectivity index is 1.82. The van der Waals surface area contributed by atoms with E-state index in [4.69, 9.17) is 0 Å². The number of hydrogen-bond donors (Lipinski definition) is 1. The smallest absolute Gasteiger partial charge is 0.317 e. The Kier molecular flexibility index (Phi) is 3.86. The largest absolute Gasteiger partial charge is 0.335 e. The molecule has 0 aliphatic heterocycles. The van der Waals surface area contributed by atoms with E-state index < -0.39 is 0 Å². The predicted octanol–water partition coefficient (Wildman–Crippen LogP) is 3.20. The van der Waals surface area contributed by atoms with Crippen LogP contribution in [0.25, 0.3) is 0 Å². The van der Waals surface area contributed by atoms with Crippen LogP contribution < -0.4 is 5.32 Å². The highest BCUT2D eigenvalue weighted by atomic mass is 79.9. The van der Waals surface area contributed by atoms with E-state index in [0.717, 1.165) is 16.6 Å². The lowest BCUT2D eigenvalue weighted by atomic mass is 9.93. The van der Waals surface area contributed by atoms with E-state index in [1.54, 1.807) is 16.2 Å². The summed E-state index contributed by atoms with van der Waals surface area (Å²) in [5, 5.41) is 5.09. The number of carbonyl (C=O) groups is 1. The van der Waals surface area contributed by atoms with Gasteiger partial charge in [-0.25, -0.2) is 4.79 Å². The van der Waals surface area contributed by atoms with Crippen LogP contribution in [0.2, 0.25) is 0 Å². The summed E-state index contributed by atoms with van der Waals surface area (Å²) in [6.45, 7) is 0.667. The maximum Gasteiger partial charge on any atom is 0.317 e. The Bertz CT molecular complexity index is 376. The number of thiophene rings is 1. The van der Waals surface area contributed by atoms with Gasteiger partial charge in [0.1, 0.15) is 0 Å². The minimum Gasteiger partial charge on any atom is -0.335 e. The van der Waals surface area contributed by atoms with Gasteiger partial charge in [-0.2, -0.15) is 0 Å². The molecule has 0 unspecified atom stereocenters. The van der Waals surface area contributed by atoms with Gasteiger partial charge < -0.3 is 10.2 Å². The number of urea groups is 1. The number of rotatable bonds is 3. The lowest BCUT2D eigenvalue weighted by molar-refractivity contribution is 0.195. The van der Waals surface area contributed by atoms with Gasteiger partial charge in [0.15, 0.2) is 0 Å². The maximum atomic E-state index is 11.8. The van der Waals surface area contributed by atoms with Gasteiger partial charge in [0, 0.05) is 19.6 Å². The molecule has 0 aromatic carbocycles. The average Bonchev–Trinajstić information content (AvgIpc) is 2.57. The van der Waals surface area contributed by atoms with Crippen molar-refractivity contribution in [3.8, 4) is 0 Å². The second-order valence-electron chi connectivity index (χ2n) is 4.19. The Morgan fingerprint density at radius 1 is 1.69 bits per heavy atom. The van der Waals surface area contributed by atoms with Gasteiger partial charge in [0.05, 0.1) is 3.79 Å². The Labute approximate surface area is 108 Å². The number of nitrogens with zero attached hydrogens (tertiary/aromatic N) is 1. The summed E-state index contributed by atoms with van der Waals surface area (Å²) in [7, 11) is 1.83. The van der Waals surface area contributed by atoms with E-state index in [1.165, 1.54) is 12.0 Å². The monoisotopic (exact) mass is 302 g/mol. The first kappa shape index (κ1) is 11.9. The summed E-state index contributed by atoms with van der Waals surface area (Å²) in [6.07, 6.45) is 3.50. The highest BCUT2D eigenvalue weighted by Crippen LogP contribution is 2.22. The molecular weight excluding hydrogens is 288 g/mol. The molecule has 1 aromatic rings. The molecule has 3 nitrogen and oxygen atoms in total. The summed E-state index contributed by atoms with van der Waals surface area (Å²) in [6, 6.07) is 2.49. The number of amides is 2. The van der Waals surface area contributed by atoms with Gasteiger partial charge in [0.2, 0.25) is 0 Å². The molecule has 0 radical (unpaired) electrons. The minimum atomic E-state index is 0.0343. The summed E-state index contributed by atoms with van der Waals surface area (Å²) in [5.41, 5.74) is 1.17. The number of nitrogens with one attached hydrogen (secondary N) is 1. The van der Waals surface area contributed by atoms with Crippen molar-refractivity contribution in [2.24, 2.45) is 0 Å². The Morgan fingerprint density at radius 2 is 2.44 bits per heavy atom. The first-order chi connectivity index (χ1) is 7.65. The van der Waals surface area contributed by atoms with Crippen LogP contribution in [0, 0.1) is 0 Å². The van der Waals surface area contributed by atoms with Crippen LogP contribution in [-0.2, 0) is 6.54 Å². The molecule has 1 aromatic heterocycles. The normalized spacial score (nSPS) is 15.6. The van der Waals surface area contributed by atoms with Crippen molar-refractivity contribution in [1.82, 2.24) is 10.2 Å². The predicted molar refractivity (Wildman–Crippen MR) is 69.7 cm³/mol. The lowest BCUT2D eigenvalue weighted by Gasteiger charge is -2.29. The molecule has 1 aliphatic carbocycles. The molecule has 1 fully saturated rings. The van der Waals surface area contributed by atoms with Gasteiger partial charge >= 0.3 is 6.03 Å². The van der Waals surface area contributed by atoms with Crippen LogP contribution in [0.4, 0.5) is 4.79 Å². The minimum absolute atomic E-state index is 0.0343. The van der Waals surface area contributed by atoms with Crippen molar-refractivity contribution >= 4 is 33.3 Å². The molecule has 0 atom stereocenters. The highest BCUT2D eigenvalue weighted by molar-refractivity contribution is 9.11. The molecule has 1 N–H and O–H groups in total. The van der Waals surface area contributed by atoms with E-state index in [9.17, 15) is 4.79 Å². The van der Waals surface area contributed by atoms with E-state index in [0.29, 0.717) is 12.6 Å². The topological polar surface area (TPSA) is 32.3 Å². The molecule has 5 heteroatoms. The van der Waals surface area contributed by atoms with Gasteiger partial charge in [-0.15, -0.1) is 11.3 Å². The van der Waals surface area contributed by atoms with Gasteiger partial charge in [0.25, 0.3) is 0 Å². The first-order valence-electron chi connectivity index (χ1n) is 5.39. The molecule has 2 rings (SSSR count). The van der Waals surface area contributed by atoms with Crippen molar-refractivity contribution in [2.45, 2.75) is 31.8 Å². The van der Waals surface area contributed by atoms with Crippen molar-refractivity contribution in [3.05, 3.63) is 20.8 Å². The van der Waals surface area contributed by atoms with Crippen molar-refractivity contribution in [3.63, 3.8) is 0 Å². The quantitative estimate of drug-likeness (QED) is 0.913. The van der Waals surface area contributed by atoms with Crippen LogP contribution in [0.3, 0.4) is 0 Å². The Hall–Kier alpha value is -0.550. The average molecular weight is 303 g/mol. The van der Waals surface area contributed by atoms with Crippen LogP contribution in [-0.4, -0.2) is 24.0 Å². The number of hydrogen-bond acceptors (Lipinski definition) is 2. The third-order valence-corrected chi connectivity index (χ3v) is 4.37. The van der Waals surface area contributed by atoms with Crippen molar-refractivity contribution < 1.29 is 4.79 Å².